The molecule has 3 atom stereocenters. The van der Waals surface area contributed by atoms with Crippen LogP contribution in [-0.2, 0) is 9.53 Å². The van der Waals surface area contributed by atoms with E-state index in [1.165, 1.54) is 6.33 Å². The average molecular weight is 335 g/mol. The molecule has 3 heterocycles. The largest absolute Gasteiger partial charge is 0.352 e. The molecule has 6 N–H and O–H groups in total. The minimum Gasteiger partial charge on any atom is -0.352 e. The quantitative estimate of drug-likeness (QED) is 0.575. The lowest BCUT2D eigenvalue weighted by atomic mass is 10.1. The maximum absolute atomic E-state index is 12.2. The summed E-state index contributed by atoms with van der Waals surface area (Å²) in [6.45, 7) is 3.81. The third kappa shape index (κ3) is 2.90. The Hall–Kier alpha value is -2.30. The van der Waals surface area contributed by atoms with Crippen LogP contribution in [0.15, 0.2) is 11.1 Å². The fourth-order valence-corrected chi connectivity index (χ4v) is 2.61. The number of nitrogens with two attached hydrogens (primary N) is 2. The summed E-state index contributed by atoms with van der Waals surface area (Å²) in [4.78, 5) is 34.9. The molecule has 1 amide bonds. The van der Waals surface area contributed by atoms with Crippen LogP contribution in [0.4, 0.5) is 5.95 Å². The number of imidazole rings is 1. The summed E-state index contributed by atoms with van der Waals surface area (Å²) >= 11 is 0. The summed E-state index contributed by atoms with van der Waals surface area (Å²) in [6.07, 6.45) is 1.36. The standard InChI is InChI=1S/C14H21N7O3/c1-6(2)12(22)19-14-18-11-10(13(23)20-14)17-5-21(11)9-3-7(16)8(4-15)24-9/h5-9H,3-4,15-16H2,1-2H3,(H2,18,19,20,22,23)/t7-,8+,9+/m0/s1. The van der Waals surface area contributed by atoms with Crippen LogP contribution in [0.1, 0.15) is 26.5 Å². The highest BCUT2D eigenvalue weighted by atomic mass is 16.5. The van der Waals surface area contributed by atoms with E-state index < -0.39 is 11.8 Å². The molecule has 0 aliphatic carbocycles. The van der Waals surface area contributed by atoms with E-state index in [-0.39, 0.29) is 35.4 Å². The minimum atomic E-state index is -0.435. The number of nitrogens with zero attached hydrogens (tertiary/aromatic N) is 3. The molecule has 2 aromatic rings. The molecule has 10 nitrogen and oxygen atoms in total. The fraction of sp³-hybridized carbons (Fsp3) is 0.571. The number of fused-ring (bicyclic) bond motifs is 1. The van der Waals surface area contributed by atoms with Crippen molar-refractivity contribution in [2.45, 2.75) is 38.6 Å². The van der Waals surface area contributed by atoms with E-state index in [0.717, 1.165) is 0 Å². The molecular formula is C14H21N7O3. The Morgan fingerprint density at radius 2 is 2.33 bits per heavy atom. The van der Waals surface area contributed by atoms with E-state index in [1.807, 2.05) is 0 Å². The number of aromatic nitrogens is 4. The molecule has 130 valence electrons. The van der Waals surface area contributed by atoms with Gasteiger partial charge in [0, 0.05) is 24.9 Å². The van der Waals surface area contributed by atoms with Crippen LogP contribution in [-0.4, -0.2) is 44.1 Å². The predicted molar refractivity (Wildman–Crippen MR) is 87.2 cm³/mol. The molecule has 24 heavy (non-hydrogen) atoms. The maximum atomic E-state index is 12.2. The van der Waals surface area contributed by atoms with Crippen LogP contribution in [0.25, 0.3) is 11.2 Å². The van der Waals surface area contributed by atoms with Crippen LogP contribution in [0, 0.1) is 5.92 Å². The van der Waals surface area contributed by atoms with Gasteiger partial charge in [0.25, 0.3) is 5.56 Å². The van der Waals surface area contributed by atoms with Crippen molar-refractivity contribution < 1.29 is 9.53 Å². The zero-order valence-corrected chi connectivity index (χ0v) is 13.5. The zero-order chi connectivity index (χ0) is 17.4. The second-order valence-electron chi connectivity index (χ2n) is 6.15. The Morgan fingerprint density at radius 3 is 2.96 bits per heavy atom. The van der Waals surface area contributed by atoms with Gasteiger partial charge in [-0.25, -0.2) is 4.98 Å². The second kappa shape index (κ2) is 6.30. The van der Waals surface area contributed by atoms with E-state index in [2.05, 4.69) is 20.3 Å². The molecular weight excluding hydrogens is 314 g/mol. The third-order valence-electron chi connectivity index (χ3n) is 4.02. The van der Waals surface area contributed by atoms with Crippen LogP contribution >= 0.6 is 0 Å². The highest BCUT2D eigenvalue weighted by Crippen LogP contribution is 2.29. The molecule has 0 spiro atoms. The molecule has 0 radical (unpaired) electrons. The number of nitrogens with one attached hydrogen (secondary N) is 2. The van der Waals surface area contributed by atoms with Crippen molar-refractivity contribution in [1.82, 2.24) is 19.5 Å². The van der Waals surface area contributed by atoms with Gasteiger partial charge in [0.2, 0.25) is 11.9 Å². The lowest BCUT2D eigenvalue weighted by Crippen LogP contribution is -2.35. The Morgan fingerprint density at radius 1 is 1.58 bits per heavy atom. The third-order valence-corrected chi connectivity index (χ3v) is 4.02. The number of anilines is 1. The number of H-pyrrole nitrogens is 1. The average Bonchev–Trinajstić information content (AvgIpc) is 3.10. The van der Waals surface area contributed by atoms with Crippen LogP contribution in [0.2, 0.25) is 0 Å². The molecule has 1 aliphatic rings. The van der Waals surface area contributed by atoms with Gasteiger partial charge < -0.3 is 16.2 Å². The van der Waals surface area contributed by atoms with Gasteiger partial charge in [0.05, 0.1) is 12.4 Å². The number of amides is 1. The van der Waals surface area contributed by atoms with E-state index in [4.69, 9.17) is 16.2 Å². The number of carbonyl (C=O) groups is 1. The van der Waals surface area contributed by atoms with E-state index in [9.17, 15) is 9.59 Å². The van der Waals surface area contributed by atoms with Gasteiger partial charge in [-0.3, -0.25) is 24.5 Å². The highest BCUT2D eigenvalue weighted by molar-refractivity contribution is 5.91. The first kappa shape index (κ1) is 16.6. The summed E-state index contributed by atoms with van der Waals surface area (Å²) in [7, 11) is 0. The highest BCUT2D eigenvalue weighted by Gasteiger charge is 2.34. The molecule has 3 rings (SSSR count). The van der Waals surface area contributed by atoms with E-state index >= 15 is 0 Å². The first-order valence-corrected chi connectivity index (χ1v) is 7.79. The van der Waals surface area contributed by atoms with Crippen LogP contribution in [0.5, 0.6) is 0 Å². The molecule has 1 fully saturated rings. The Labute approximate surface area is 137 Å². The number of hydrogen-bond acceptors (Lipinski definition) is 7. The molecule has 2 aromatic heterocycles. The van der Waals surface area contributed by atoms with Crippen molar-refractivity contribution >= 4 is 23.0 Å². The molecule has 0 aromatic carbocycles. The summed E-state index contributed by atoms with van der Waals surface area (Å²) in [5, 5.41) is 2.58. The lowest BCUT2D eigenvalue weighted by molar-refractivity contribution is -0.118. The van der Waals surface area contributed by atoms with Gasteiger partial charge in [-0.05, 0) is 0 Å². The Bertz CT molecular complexity index is 812. The minimum absolute atomic E-state index is 0.0746. The number of hydrogen-bond donors (Lipinski definition) is 4. The number of aromatic amines is 1. The first-order valence-electron chi connectivity index (χ1n) is 7.79. The smallest absolute Gasteiger partial charge is 0.280 e. The first-order chi connectivity index (χ1) is 11.4. The van der Waals surface area contributed by atoms with Gasteiger partial charge in [-0.1, -0.05) is 13.8 Å². The van der Waals surface area contributed by atoms with Gasteiger partial charge in [0.1, 0.15) is 6.23 Å². The summed E-state index contributed by atoms with van der Waals surface area (Å²) < 4.78 is 7.45. The Kier molecular flexibility index (Phi) is 4.35. The van der Waals surface area contributed by atoms with Crippen molar-refractivity contribution in [1.29, 1.82) is 0 Å². The summed E-state index contributed by atoms with van der Waals surface area (Å²) in [5.74, 6) is -0.408. The van der Waals surface area contributed by atoms with Crippen molar-refractivity contribution in [3.63, 3.8) is 0 Å². The van der Waals surface area contributed by atoms with Crippen LogP contribution < -0.4 is 22.3 Å². The second-order valence-corrected chi connectivity index (χ2v) is 6.15. The molecule has 1 saturated heterocycles. The van der Waals surface area contributed by atoms with Gasteiger partial charge in [-0.15, -0.1) is 0 Å². The normalized spacial score (nSPS) is 24.0. The molecule has 10 heteroatoms. The SMILES string of the molecule is CC(C)C(=O)Nc1nc2c(ncn2[C@H]2C[C@H](N)[C@@H](CN)O2)c(=O)[nH]1. The lowest BCUT2D eigenvalue weighted by Gasteiger charge is -2.14. The fourth-order valence-electron chi connectivity index (χ4n) is 2.61. The van der Waals surface area contributed by atoms with Crippen molar-refractivity contribution in [3.05, 3.63) is 16.7 Å². The van der Waals surface area contributed by atoms with Crippen LogP contribution in [0.3, 0.4) is 0 Å². The number of ether oxygens (including phenoxy) is 1. The maximum Gasteiger partial charge on any atom is 0.280 e. The molecule has 1 aliphatic heterocycles. The molecule has 0 unspecified atom stereocenters. The Balaban J connectivity index is 1.97. The van der Waals surface area contributed by atoms with E-state index in [0.29, 0.717) is 18.6 Å². The van der Waals surface area contributed by atoms with Gasteiger partial charge in [-0.2, -0.15) is 4.98 Å². The molecule has 0 bridgehead atoms. The van der Waals surface area contributed by atoms with E-state index in [1.54, 1.807) is 18.4 Å². The molecule has 0 saturated carbocycles. The van der Waals surface area contributed by atoms with Crippen molar-refractivity contribution in [3.8, 4) is 0 Å². The zero-order valence-electron chi connectivity index (χ0n) is 13.5. The predicted octanol–water partition coefficient (Wildman–Crippen LogP) is -0.712. The monoisotopic (exact) mass is 335 g/mol. The van der Waals surface area contributed by atoms with Gasteiger partial charge in [0.15, 0.2) is 11.2 Å². The summed E-state index contributed by atoms with van der Waals surface area (Å²) in [6, 6.07) is -0.195. The van der Waals surface area contributed by atoms with Gasteiger partial charge >= 0.3 is 0 Å². The summed E-state index contributed by atoms with van der Waals surface area (Å²) in [5.41, 5.74) is 11.7. The number of rotatable bonds is 4. The van der Waals surface area contributed by atoms with Crippen molar-refractivity contribution in [2.24, 2.45) is 17.4 Å². The number of carbonyl (C=O) groups excluding carboxylic acids is 1. The van der Waals surface area contributed by atoms with Crippen molar-refractivity contribution in [2.75, 3.05) is 11.9 Å². The topological polar surface area (TPSA) is 154 Å².